The number of halogens is 1. The number of fused-ring (bicyclic) bond motifs is 4. The van der Waals surface area contributed by atoms with Crippen LogP contribution in [0.1, 0.15) is 33.2 Å². The fourth-order valence-corrected chi connectivity index (χ4v) is 4.20. The number of carboxylic acid groups (broad SMARTS) is 1. The summed E-state index contributed by atoms with van der Waals surface area (Å²) in [6.45, 7) is 0.170. The van der Waals surface area contributed by atoms with E-state index in [1.165, 1.54) is 0 Å². The van der Waals surface area contributed by atoms with Gasteiger partial charge in [0.25, 0.3) is 0 Å². The molecule has 0 saturated carbocycles. The number of hydrogen-bond acceptors (Lipinski definition) is 5. The molecule has 2 atom stereocenters. The van der Waals surface area contributed by atoms with Crippen LogP contribution in [0.3, 0.4) is 0 Å². The summed E-state index contributed by atoms with van der Waals surface area (Å²) in [7, 11) is 0. The van der Waals surface area contributed by atoms with Crippen LogP contribution in [0.25, 0.3) is 10.9 Å². The summed E-state index contributed by atoms with van der Waals surface area (Å²) in [5, 5.41) is 13.7. The summed E-state index contributed by atoms with van der Waals surface area (Å²) in [5.74, 6) is 0.107. The minimum atomic E-state index is -0.927. The molecule has 7 nitrogen and oxygen atoms in total. The molecule has 3 aromatic rings. The van der Waals surface area contributed by atoms with E-state index in [1.54, 1.807) is 12.1 Å². The maximum Gasteiger partial charge on any atom is 0.321 e. The predicted molar refractivity (Wildman–Crippen MR) is 106 cm³/mol. The van der Waals surface area contributed by atoms with E-state index in [4.69, 9.17) is 21.1 Å². The van der Waals surface area contributed by atoms with E-state index in [-0.39, 0.29) is 24.5 Å². The van der Waals surface area contributed by atoms with Crippen LogP contribution >= 0.6 is 11.6 Å². The van der Waals surface area contributed by atoms with Crippen molar-refractivity contribution in [3.8, 4) is 11.5 Å². The summed E-state index contributed by atoms with van der Waals surface area (Å²) >= 11 is 5.70. The van der Waals surface area contributed by atoms with Gasteiger partial charge in [0.05, 0.1) is 11.9 Å². The highest BCUT2D eigenvalue weighted by Crippen LogP contribution is 2.39. The minimum absolute atomic E-state index is 0.1000. The van der Waals surface area contributed by atoms with Crippen molar-refractivity contribution in [1.82, 2.24) is 10.3 Å². The molecule has 2 aliphatic heterocycles. The van der Waals surface area contributed by atoms with Gasteiger partial charge in [-0.2, -0.15) is 0 Å². The molecule has 2 aromatic carbocycles. The number of alkyl halides is 1. The van der Waals surface area contributed by atoms with Gasteiger partial charge in [-0.05, 0) is 41.5 Å². The van der Waals surface area contributed by atoms with Crippen LogP contribution in [0, 0.1) is 0 Å². The Morgan fingerprint density at radius 2 is 1.97 bits per heavy atom. The number of nitrogens with one attached hydrogen (secondary N) is 2. The van der Waals surface area contributed by atoms with E-state index in [0.29, 0.717) is 23.5 Å². The van der Waals surface area contributed by atoms with Gasteiger partial charge in [0, 0.05) is 28.6 Å². The molecule has 5 rings (SSSR count). The van der Waals surface area contributed by atoms with Gasteiger partial charge >= 0.3 is 5.97 Å². The fraction of sp³-hybridized carbons (Fsp3) is 0.238. The highest BCUT2D eigenvalue weighted by atomic mass is 35.5. The Morgan fingerprint density at radius 1 is 1.14 bits per heavy atom. The molecule has 0 aliphatic carbocycles. The predicted octanol–water partition coefficient (Wildman–Crippen LogP) is 3.01. The Labute approximate surface area is 170 Å². The molecule has 3 heterocycles. The number of aromatic nitrogens is 1. The Morgan fingerprint density at radius 3 is 2.76 bits per heavy atom. The maximum atomic E-state index is 12.0. The van der Waals surface area contributed by atoms with Crippen molar-refractivity contribution in [2.75, 3.05) is 12.7 Å². The molecule has 3 N–H and O–H groups in total. The van der Waals surface area contributed by atoms with Gasteiger partial charge in [-0.25, -0.2) is 0 Å². The van der Waals surface area contributed by atoms with Crippen LogP contribution in [-0.2, 0) is 11.2 Å². The molecular weight excluding hydrogens is 396 g/mol. The van der Waals surface area contributed by atoms with Gasteiger partial charge in [-0.1, -0.05) is 6.07 Å². The maximum absolute atomic E-state index is 12.0. The third-order valence-electron chi connectivity index (χ3n) is 5.48. The lowest BCUT2D eigenvalue weighted by atomic mass is 9.90. The van der Waals surface area contributed by atoms with Gasteiger partial charge in [0.2, 0.25) is 6.79 Å². The van der Waals surface area contributed by atoms with E-state index in [0.717, 1.165) is 27.7 Å². The first-order chi connectivity index (χ1) is 14.0. The van der Waals surface area contributed by atoms with E-state index >= 15 is 0 Å². The van der Waals surface area contributed by atoms with Gasteiger partial charge < -0.3 is 19.6 Å². The second kappa shape index (κ2) is 6.79. The number of aromatic amines is 1. The molecule has 0 fully saturated rings. The van der Waals surface area contributed by atoms with Crippen LogP contribution in [0.4, 0.5) is 0 Å². The molecule has 29 heavy (non-hydrogen) atoms. The first kappa shape index (κ1) is 18.0. The van der Waals surface area contributed by atoms with Crippen molar-refractivity contribution >= 4 is 34.3 Å². The molecule has 0 radical (unpaired) electrons. The lowest BCUT2D eigenvalue weighted by molar-refractivity contribution is -0.139. The Bertz CT molecular complexity index is 1160. The first-order valence-electron chi connectivity index (χ1n) is 9.17. The van der Waals surface area contributed by atoms with Crippen molar-refractivity contribution < 1.29 is 24.2 Å². The van der Waals surface area contributed by atoms with Gasteiger partial charge in [0.15, 0.2) is 17.3 Å². The zero-order chi connectivity index (χ0) is 20.1. The number of carboxylic acids is 1. The summed E-state index contributed by atoms with van der Waals surface area (Å²) in [4.78, 5) is 27.3. The average molecular weight is 413 g/mol. The van der Waals surface area contributed by atoms with Crippen molar-refractivity contribution in [3.05, 3.63) is 58.8 Å². The lowest BCUT2D eigenvalue weighted by Crippen LogP contribution is -2.44. The Kier molecular flexibility index (Phi) is 4.22. The van der Waals surface area contributed by atoms with Crippen LogP contribution in [0.5, 0.6) is 11.5 Å². The third kappa shape index (κ3) is 2.94. The molecule has 8 heteroatoms. The number of rotatable bonds is 4. The van der Waals surface area contributed by atoms with E-state index < -0.39 is 12.0 Å². The van der Waals surface area contributed by atoms with Crippen LogP contribution < -0.4 is 14.8 Å². The van der Waals surface area contributed by atoms with Crippen LogP contribution in [0.15, 0.2) is 36.4 Å². The number of aliphatic carboxylic acids is 1. The molecule has 148 valence electrons. The van der Waals surface area contributed by atoms with Crippen LogP contribution in [-0.4, -0.2) is 40.6 Å². The van der Waals surface area contributed by atoms with Gasteiger partial charge in [-0.3, -0.25) is 14.9 Å². The topological polar surface area (TPSA) is 101 Å². The highest BCUT2D eigenvalue weighted by Gasteiger charge is 2.34. The highest BCUT2D eigenvalue weighted by molar-refractivity contribution is 6.30. The van der Waals surface area contributed by atoms with Crippen LogP contribution in [0.2, 0.25) is 0 Å². The first-order valence-corrected chi connectivity index (χ1v) is 9.70. The average Bonchev–Trinajstić information content (AvgIpc) is 3.35. The number of benzene rings is 2. The lowest BCUT2D eigenvalue weighted by Gasteiger charge is -2.29. The standard InChI is InChI=1S/C21H17ClN2O5/c22-8-16(25)10-1-3-14-12(5-10)13-7-15(21(26)27)24-19(20(13)23-14)11-2-4-17-18(6-11)29-9-28-17/h1-6,15,19,23-24H,7-9H2,(H,26,27). The second-order valence-electron chi connectivity index (χ2n) is 7.14. The van der Waals surface area contributed by atoms with E-state index in [2.05, 4.69) is 10.3 Å². The van der Waals surface area contributed by atoms with E-state index in [9.17, 15) is 14.7 Å². The normalized spacial score (nSPS) is 19.9. The molecule has 0 bridgehead atoms. The molecule has 1 aromatic heterocycles. The van der Waals surface area contributed by atoms with E-state index in [1.807, 2.05) is 24.3 Å². The number of H-pyrrole nitrogens is 1. The van der Waals surface area contributed by atoms with Crippen molar-refractivity contribution in [2.45, 2.75) is 18.5 Å². The summed E-state index contributed by atoms with van der Waals surface area (Å²) in [6, 6.07) is 9.81. The zero-order valence-corrected chi connectivity index (χ0v) is 16.0. The molecule has 0 spiro atoms. The smallest absolute Gasteiger partial charge is 0.321 e. The van der Waals surface area contributed by atoms with Crippen molar-refractivity contribution in [2.24, 2.45) is 0 Å². The number of carbonyl (C=O) groups is 2. The Balaban J connectivity index is 1.66. The Hall–Kier alpha value is -3.03. The van der Waals surface area contributed by atoms with Crippen molar-refractivity contribution in [3.63, 3.8) is 0 Å². The molecule has 0 saturated heterocycles. The molecule has 2 unspecified atom stereocenters. The molecule has 0 amide bonds. The number of Topliss-reactive ketones (excluding diaryl/α,β-unsaturated/α-hetero) is 1. The third-order valence-corrected chi connectivity index (χ3v) is 5.72. The number of ketones is 1. The van der Waals surface area contributed by atoms with Gasteiger partial charge in [-0.15, -0.1) is 11.6 Å². The zero-order valence-electron chi connectivity index (χ0n) is 15.2. The monoisotopic (exact) mass is 412 g/mol. The largest absolute Gasteiger partial charge is 0.480 e. The number of carbonyl (C=O) groups excluding carboxylic acids is 1. The summed E-state index contributed by atoms with van der Waals surface area (Å²) in [6.07, 6.45) is 0.310. The minimum Gasteiger partial charge on any atom is -0.480 e. The molecular formula is C21H17ClN2O5. The number of ether oxygens (including phenoxy) is 2. The second-order valence-corrected chi connectivity index (χ2v) is 7.41. The number of hydrogen-bond donors (Lipinski definition) is 3. The van der Waals surface area contributed by atoms with Gasteiger partial charge in [0.1, 0.15) is 6.04 Å². The fourth-order valence-electron chi connectivity index (χ4n) is 4.05. The SMILES string of the molecule is O=C(CCl)c1ccc2[nH]c3c(c2c1)CC(C(=O)O)NC3c1ccc2c(c1)OCO2. The van der Waals surface area contributed by atoms with Crippen molar-refractivity contribution in [1.29, 1.82) is 0 Å². The summed E-state index contributed by atoms with van der Waals surface area (Å²) < 4.78 is 10.9. The molecule has 2 aliphatic rings. The quantitative estimate of drug-likeness (QED) is 0.450. The summed E-state index contributed by atoms with van der Waals surface area (Å²) in [5.41, 5.74) is 3.99.